The average molecular weight is 181 g/mol. The van der Waals surface area contributed by atoms with Crippen molar-refractivity contribution >= 4 is 11.8 Å². The highest BCUT2D eigenvalue weighted by atomic mass is 32.2. The number of nitrogens with zero attached hydrogens (tertiary/aromatic N) is 1. The SMILES string of the molecule is CSc1cc(C)oc(=O)c1C#N. The molecule has 0 aliphatic carbocycles. The molecule has 0 saturated heterocycles. The minimum absolute atomic E-state index is 0.0908. The van der Waals surface area contributed by atoms with Gasteiger partial charge in [-0.3, -0.25) is 0 Å². The lowest BCUT2D eigenvalue weighted by molar-refractivity contribution is 0.473. The summed E-state index contributed by atoms with van der Waals surface area (Å²) in [7, 11) is 0. The van der Waals surface area contributed by atoms with E-state index in [1.807, 2.05) is 12.3 Å². The number of thioether (sulfide) groups is 1. The Balaban J connectivity index is 3.47. The van der Waals surface area contributed by atoms with Crippen LogP contribution in [0, 0.1) is 18.3 Å². The van der Waals surface area contributed by atoms with Crippen LogP contribution in [0.15, 0.2) is 20.2 Å². The molecular weight excluding hydrogens is 174 g/mol. The molecule has 3 nitrogen and oxygen atoms in total. The van der Waals surface area contributed by atoms with Crippen LogP contribution in [0.3, 0.4) is 0 Å². The van der Waals surface area contributed by atoms with Crippen LogP contribution in [0.2, 0.25) is 0 Å². The van der Waals surface area contributed by atoms with Gasteiger partial charge in [0.2, 0.25) is 0 Å². The first-order valence-electron chi connectivity index (χ1n) is 3.28. The number of rotatable bonds is 1. The molecule has 0 aliphatic heterocycles. The van der Waals surface area contributed by atoms with Crippen LogP contribution < -0.4 is 5.63 Å². The molecule has 4 heteroatoms. The summed E-state index contributed by atoms with van der Waals surface area (Å²) in [5.41, 5.74) is -0.463. The standard InChI is InChI=1S/C8H7NO2S/c1-5-3-7(12-2)6(4-9)8(10)11-5/h3H,1-2H3. The van der Waals surface area contributed by atoms with Gasteiger partial charge in [-0.05, 0) is 19.2 Å². The van der Waals surface area contributed by atoms with Gasteiger partial charge in [0.05, 0.1) is 0 Å². The smallest absolute Gasteiger partial charge is 0.355 e. The largest absolute Gasteiger partial charge is 0.427 e. The Bertz CT molecular complexity index is 389. The maximum atomic E-state index is 11.0. The summed E-state index contributed by atoms with van der Waals surface area (Å²) in [5, 5.41) is 8.60. The normalized spacial score (nSPS) is 9.42. The quantitative estimate of drug-likeness (QED) is 0.617. The molecule has 0 bridgehead atoms. The molecule has 0 aromatic carbocycles. The van der Waals surface area contributed by atoms with Crippen LogP contribution in [0.5, 0.6) is 0 Å². The highest BCUT2D eigenvalue weighted by Gasteiger charge is 2.07. The minimum Gasteiger partial charge on any atom is -0.427 e. The third kappa shape index (κ3) is 1.51. The summed E-state index contributed by atoms with van der Waals surface area (Å²) in [6.45, 7) is 1.68. The van der Waals surface area contributed by atoms with Gasteiger partial charge in [0.25, 0.3) is 0 Å². The van der Waals surface area contributed by atoms with Gasteiger partial charge >= 0.3 is 5.63 Å². The van der Waals surface area contributed by atoms with E-state index >= 15 is 0 Å². The van der Waals surface area contributed by atoms with Gasteiger partial charge in [-0.25, -0.2) is 4.79 Å². The van der Waals surface area contributed by atoms with Gasteiger partial charge in [-0.1, -0.05) is 0 Å². The fraction of sp³-hybridized carbons (Fsp3) is 0.250. The minimum atomic E-state index is -0.554. The highest BCUT2D eigenvalue weighted by molar-refractivity contribution is 7.98. The Morgan fingerprint density at radius 3 is 2.83 bits per heavy atom. The zero-order valence-electron chi connectivity index (χ0n) is 6.75. The second-order valence-electron chi connectivity index (χ2n) is 2.20. The third-order valence-corrected chi connectivity index (χ3v) is 2.13. The zero-order chi connectivity index (χ0) is 9.14. The van der Waals surface area contributed by atoms with E-state index in [9.17, 15) is 4.79 Å². The van der Waals surface area contributed by atoms with Gasteiger partial charge in [-0.15, -0.1) is 11.8 Å². The lowest BCUT2D eigenvalue weighted by atomic mass is 10.3. The van der Waals surface area contributed by atoms with Crippen molar-refractivity contribution < 1.29 is 4.42 Å². The molecule has 0 amide bonds. The maximum absolute atomic E-state index is 11.0. The number of hydrogen-bond donors (Lipinski definition) is 0. The Morgan fingerprint density at radius 2 is 2.33 bits per heavy atom. The Kier molecular flexibility index (Phi) is 2.56. The average Bonchev–Trinajstić information content (AvgIpc) is 2.03. The van der Waals surface area contributed by atoms with Gasteiger partial charge in [0, 0.05) is 4.90 Å². The van der Waals surface area contributed by atoms with Crippen molar-refractivity contribution in [2.75, 3.05) is 6.26 Å². The Morgan fingerprint density at radius 1 is 1.67 bits per heavy atom. The fourth-order valence-electron chi connectivity index (χ4n) is 0.846. The molecule has 0 unspecified atom stereocenters. The predicted molar refractivity (Wildman–Crippen MR) is 46.2 cm³/mol. The van der Waals surface area contributed by atoms with Gasteiger partial charge in [0.15, 0.2) is 5.56 Å². The van der Waals surface area contributed by atoms with Crippen LogP contribution >= 0.6 is 11.8 Å². The summed E-state index contributed by atoms with van der Waals surface area (Å²) in [4.78, 5) is 11.7. The fourth-order valence-corrected chi connectivity index (χ4v) is 1.46. The molecule has 62 valence electrons. The van der Waals surface area contributed by atoms with E-state index in [1.165, 1.54) is 11.8 Å². The van der Waals surface area contributed by atoms with Crippen molar-refractivity contribution in [1.82, 2.24) is 0 Å². The number of hydrogen-bond acceptors (Lipinski definition) is 4. The summed E-state index contributed by atoms with van der Waals surface area (Å²) < 4.78 is 4.75. The molecule has 0 aliphatic rings. The first-order chi connectivity index (χ1) is 5.69. The van der Waals surface area contributed by atoms with E-state index < -0.39 is 5.63 Å². The number of aryl methyl sites for hydroxylation is 1. The number of nitriles is 1. The van der Waals surface area contributed by atoms with Gasteiger partial charge in [0.1, 0.15) is 11.8 Å². The third-order valence-electron chi connectivity index (χ3n) is 1.37. The molecule has 1 heterocycles. The summed E-state index contributed by atoms with van der Waals surface area (Å²) in [5.74, 6) is 0.531. The lowest BCUT2D eigenvalue weighted by Crippen LogP contribution is -2.06. The van der Waals surface area contributed by atoms with Crippen molar-refractivity contribution in [3.05, 3.63) is 27.8 Å². The van der Waals surface area contributed by atoms with E-state index in [4.69, 9.17) is 9.68 Å². The molecule has 0 atom stereocenters. The van der Waals surface area contributed by atoms with Crippen molar-refractivity contribution in [3.8, 4) is 6.07 Å². The molecule has 0 fully saturated rings. The topological polar surface area (TPSA) is 54.0 Å². The molecule has 1 aromatic heterocycles. The molecule has 0 N–H and O–H groups in total. The van der Waals surface area contributed by atoms with Crippen LogP contribution in [0.4, 0.5) is 0 Å². The summed E-state index contributed by atoms with van der Waals surface area (Å²) in [6.07, 6.45) is 1.81. The second-order valence-corrected chi connectivity index (χ2v) is 3.05. The molecular formula is C8H7NO2S. The van der Waals surface area contributed by atoms with Crippen LogP contribution in [0.1, 0.15) is 11.3 Å². The maximum Gasteiger partial charge on any atom is 0.355 e. The monoisotopic (exact) mass is 181 g/mol. The van der Waals surface area contributed by atoms with Gasteiger partial charge < -0.3 is 4.42 Å². The molecule has 1 aromatic rings. The molecule has 0 saturated carbocycles. The highest BCUT2D eigenvalue weighted by Crippen LogP contribution is 2.17. The summed E-state index contributed by atoms with van der Waals surface area (Å²) >= 11 is 1.37. The molecule has 1 rings (SSSR count). The van der Waals surface area contributed by atoms with E-state index in [2.05, 4.69) is 0 Å². The Labute approximate surface area is 74.0 Å². The molecule has 0 spiro atoms. The van der Waals surface area contributed by atoms with Gasteiger partial charge in [-0.2, -0.15) is 5.26 Å². The van der Waals surface area contributed by atoms with Crippen LogP contribution in [0.25, 0.3) is 0 Å². The van der Waals surface area contributed by atoms with E-state index in [0.717, 1.165) is 0 Å². The van der Waals surface area contributed by atoms with Crippen LogP contribution in [-0.2, 0) is 0 Å². The second kappa shape index (κ2) is 3.46. The lowest BCUT2D eigenvalue weighted by Gasteiger charge is -1.98. The summed E-state index contributed by atoms with van der Waals surface area (Å²) in [6, 6.07) is 3.50. The Hall–Kier alpha value is -1.21. The van der Waals surface area contributed by atoms with E-state index in [0.29, 0.717) is 10.7 Å². The first kappa shape index (κ1) is 8.88. The van der Waals surface area contributed by atoms with Crippen molar-refractivity contribution in [1.29, 1.82) is 5.26 Å². The van der Waals surface area contributed by atoms with Crippen molar-refractivity contribution in [3.63, 3.8) is 0 Å². The van der Waals surface area contributed by atoms with Crippen molar-refractivity contribution in [2.45, 2.75) is 11.8 Å². The predicted octanol–water partition coefficient (Wildman–Crippen LogP) is 1.54. The molecule has 0 radical (unpaired) electrons. The zero-order valence-corrected chi connectivity index (χ0v) is 7.57. The molecule has 12 heavy (non-hydrogen) atoms. The van der Waals surface area contributed by atoms with Crippen molar-refractivity contribution in [2.24, 2.45) is 0 Å². The van der Waals surface area contributed by atoms with Crippen LogP contribution in [-0.4, -0.2) is 6.26 Å². The van der Waals surface area contributed by atoms with E-state index in [1.54, 1.807) is 13.0 Å². The van der Waals surface area contributed by atoms with E-state index in [-0.39, 0.29) is 5.56 Å². The first-order valence-corrected chi connectivity index (χ1v) is 4.50.